The summed E-state index contributed by atoms with van der Waals surface area (Å²) in [6, 6.07) is 14.2. The summed E-state index contributed by atoms with van der Waals surface area (Å²) in [4.78, 5) is 14.6. The Hall–Kier alpha value is -2.09. The van der Waals surface area contributed by atoms with Gasteiger partial charge in [0.05, 0.1) is 13.0 Å². The van der Waals surface area contributed by atoms with Crippen LogP contribution in [-0.2, 0) is 21.4 Å². The third-order valence-corrected chi connectivity index (χ3v) is 7.24. The number of ether oxygens (including phenoxy) is 1. The molecule has 2 aromatic rings. The molecule has 2 aromatic carbocycles. The van der Waals surface area contributed by atoms with Crippen molar-refractivity contribution in [2.45, 2.75) is 24.3 Å². The Kier molecular flexibility index (Phi) is 6.82. The first-order valence-electron chi connectivity index (χ1n) is 9.45. The molecule has 0 aliphatic carbocycles. The Morgan fingerprint density at radius 1 is 1.24 bits per heavy atom. The molecule has 1 heterocycles. The van der Waals surface area contributed by atoms with Crippen molar-refractivity contribution in [3.8, 4) is 5.75 Å². The fourth-order valence-corrected chi connectivity index (χ4v) is 5.54. The van der Waals surface area contributed by atoms with E-state index in [9.17, 15) is 13.2 Å². The highest BCUT2D eigenvalue weighted by Crippen LogP contribution is 2.32. The molecule has 6 nitrogen and oxygen atoms in total. The molecule has 3 rings (SSSR count). The van der Waals surface area contributed by atoms with Crippen LogP contribution in [0.1, 0.15) is 18.4 Å². The second kappa shape index (κ2) is 9.15. The van der Waals surface area contributed by atoms with Crippen LogP contribution in [0.15, 0.2) is 53.4 Å². The Labute approximate surface area is 177 Å². The Balaban J connectivity index is 1.76. The van der Waals surface area contributed by atoms with Crippen molar-refractivity contribution in [2.24, 2.45) is 5.92 Å². The smallest absolute Gasteiger partial charge is 0.246 e. The number of carbonyl (C=O) groups is 1. The molecule has 1 fully saturated rings. The molecule has 0 bridgehead atoms. The number of rotatable bonds is 6. The van der Waals surface area contributed by atoms with Crippen LogP contribution in [0.2, 0.25) is 5.02 Å². The Bertz CT molecular complexity index is 966. The third-order valence-electron chi connectivity index (χ3n) is 5.12. The number of sulfonamides is 1. The number of methoxy groups -OCH3 is 1. The largest absolute Gasteiger partial charge is 0.495 e. The molecule has 0 unspecified atom stereocenters. The van der Waals surface area contributed by atoms with Gasteiger partial charge in [-0.25, -0.2) is 8.42 Å². The second-order valence-electron chi connectivity index (χ2n) is 7.18. The topological polar surface area (TPSA) is 66.9 Å². The van der Waals surface area contributed by atoms with E-state index in [0.29, 0.717) is 31.0 Å². The molecule has 156 valence electrons. The standard InChI is InChI=1S/C21H25ClN2O4S/c1-23(14-16-7-4-3-5-8-16)21(25)17-9-6-12-24(15-17)29(26,27)20-13-18(22)10-11-19(20)28-2/h3-5,7-8,10-11,13,17H,6,9,12,14-15H2,1-2H3/t17-/m1/s1. The molecule has 29 heavy (non-hydrogen) atoms. The molecule has 0 aromatic heterocycles. The van der Waals surface area contributed by atoms with Crippen molar-refractivity contribution < 1.29 is 17.9 Å². The van der Waals surface area contributed by atoms with Gasteiger partial charge in [-0.1, -0.05) is 41.9 Å². The van der Waals surface area contributed by atoms with Gasteiger partial charge in [0.1, 0.15) is 10.6 Å². The van der Waals surface area contributed by atoms with Crippen molar-refractivity contribution in [1.29, 1.82) is 0 Å². The van der Waals surface area contributed by atoms with Gasteiger partial charge in [-0.05, 0) is 36.6 Å². The number of nitrogens with zero attached hydrogens (tertiary/aromatic N) is 2. The predicted molar refractivity (Wildman–Crippen MR) is 112 cm³/mol. The van der Waals surface area contributed by atoms with Gasteiger partial charge >= 0.3 is 0 Å². The van der Waals surface area contributed by atoms with Gasteiger partial charge < -0.3 is 9.64 Å². The number of amides is 1. The average Bonchev–Trinajstić information content (AvgIpc) is 2.74. The molecular weight excluding hydrogens is 412 g/mol. The van der Waals surface area contributed by atoms with Crippen LogP contribution in [0.3, 0.4) is 0 Å². The van der Waals surface area contributed by atoms with E-state index in [-0.39, 0.29) is 29.0 Å². The monoisotopic (exact) mass is 436 g/mol. The number of benzene rings is 2. The number of hydrogen-bond donors (Lipinski definition) is 0. The van der Waals surface area contributed by atoms with Crippen LogP contribution in [-0.4, -0.2) is 50.8 Å². The molecule has 1 saturated heterocycles. The van der Waals surface area contributed by atoms with E-state index in [1.54, 1.807) is 18.0 Å². The van der Waals surface area contributed by atoms with Gasteiger partial charge in [0.2, 0.25) is 15.9 Å². The lowest BCUT2D eigenvalue weighted by atomic mass is 9.98. The lowest BCUT2D eigenvalue weighted by molar-refractivity contribution is -0.135. The molecule has 1 atom stereocenters. The van der Waals surface area contributed by atoms with Crippen LogP contribution in [0.5, 0.6) is 5.75 Å². The maximum absolute atomic E-state index is 13.2. The molecule has 8 heteroatoms. The van der Waals surface area contributed by atoms with Crippen LogP contribution >= 0.6 is 11.6 Å². The van der Waals surface area contributed by atoms with E-state index >= 15 is 0 Å². The summed E-state index contributed by atoms with van der Waals surface area (Å²) in [5.74, 6) is -0.187. The number of piperidine rings is 1. The number of carbonyl (C=O) groups excluding carboxylic acids is 1. The van der Waals surface area contributed by atoms with E-state index < -0.39 is 10.0 Å². The third kappa shape index (κ3) is 4.91. The van der Waals surface area contributed by atoms with Gasteiger partial charge in [-0.3, -0.25) is 4.79 Å². The molecule has 0 saturated carbocycles. The maximum atomic E-state index is 13.2. The summed E-state index contributed by atoms with van der Waals surface area (Å²) in [5.41, 5.74) is 1.03. The molecule has 0 spiro atoms. The lowest BCUT2D eigenvalue weighted by Crippen LogP contribution is -2.45. The zero-order chi connectivity index (χ0) is 21.0. The zero-order valence-electron chi connectivity index (χ0n) is 16.5. The molecule has 1 aliphatic heterocycles. The van der Waals surface area contributed by atoms with E-state index in [4.69, 9.17) is 16.3 Å². The maximum Gasteiger partial charge on any atom is 0.246 e. The van der Waals surface area contributed by atoms with Crippen molar-refractivity contribution >= 4 is 27.5 Å². The fraction of sp³-hybridized carbons (Fsp3) is 0.381. The van der Waals surface area contributed by atoms with Gasteiger partial charge in [0.15, 0.2) is 0 Å². The lowest BCUT2D eigenvalue weighted by Gasteiger charge is -2.33. The van der Waals surface area contributed by atoms with Gasteiger partial charge in [0.25, 0.3) is 0 Å². The minimum Gasteiger partial charge on any atom is -0.495 e. The summed E-state index contributed by atoms with van der Waals surface area (Å²) in [6.45, 7) is 1.01. The minimum atomic E-state index is -3.83. The highest BCUT2D eigenvalue weighted by atomic mass is 35.5. The summed E-state index contributed by atoms with van der Waals surface area (Å²) in [6.07, 6.45) is 1.29. The van der Waals surface area contributed by atoms with Crippen LogP contribution < -0.4 is 4.74 Å². The molecule has 1 aliphatic rings. The first-order chi connectivity index (χ1) is 13.8. The summed E-state index contributed by atoms with van der Waals surface area (Å²) in [5, 5.41) is 0.316. The zero-order valence-corrected chi connectivity index (χ0v) is 18.1. The van der Waals surface area contributed by atoms with Crippen LogP contribution in [0, 0.1) is 5.92 Å². The average molecular weight is 437 g/mol. The normalized spacial score (nSPS) is 17.7. The number of halogens is 1. The summed E-state index contributed by atoms with van der Waals surface area (Å²) in [7, 11) is -0.652. The van der Waals surface area contributed by atoms with Crippen molar-refractivity contribution in [3.05, 3.63) is 59.1 Å². The van der Waals surface area contributed by atoms with E-state index in [1.165, 1.54) is 23.5 Å². The SMILES string of the molecule is COc1ccc(Cl)cc1S(=O)(=O)N1CCC[C@@H](C(=O)N(C)Cc2ccccc2)C1. The fourth-order valence-electron chi connectivity index (χ4n) is 3.60. The molecular formula is C21H25ClN2O4S. The summed E-state index contributed by atoms with van der Waals surface area (Å²) >= 11 is 6.02. The Morgan fingerprint density at radius 3 is 2.66 bits per heavy atom. The van der Waals surface area contributed by atoms with E-state index in [1.807, 2.05) is 30.3 Å². The first kappa shape index (κ1) is 21.6. The van der Waals surface area contributed by atoms with Crippen molar-refractivity contribution in [2.75, 3.05) is 27.2 Å². The predicted octanol–water partition coefficient (Wildman–Crippen LogP) is 3.41. The highest BCUT2D eigenvalue weighted by Gasteiger charge is 2.35. The van der Waals surface area contributed by atoms with E-state index in [0.717, 1.165) is 5.56 Å². The Morgan fingerprint density at radius 2 is 1.97 bits per heavy atom. The van der Waals surface area contributed by atoms with Gasteiger partial charge in [-0.2, -0.15) is 4.31 Å². The first-order valence-corrected chi connectivity index (χ1v) is 11.3. The quantitative estimate of drug-likeness (QED) is 0.696. The van der Waals surface area contributed by atoms with Crippen LogP contribution in [0.4, 0.5) is 0 Å². The number of hydrogen-bond acceptors (Lipinski definition) is 4. The van der Waals surface area contributed by atoms with Crippen LogP contribution in [0.25, 0.3) is 0 Å². The van der Waals surface area contributed by atoms with E-state index in [2.05, 4.69) is 0 Å². The molecule has 0 radical (unpaired) electrons. The van der Waals surface area contributed by atoms with Crippen molar-refractivity contribution in [3.63, 3.8) is 0 Å². The van der Waals surface area contributed by atoms with Gasteiger partial charge in [-0.15, -0.1) is 0 Å². The van der Waals surface area contributed by atoms with Crippen molar-refractivity contribution in [1.82, 2.24) is 9.21 Å². The van der Waals surface area contributed by atoms with Gasteiger partial charge in [0, 0.05) is 31.7 Å². The molecule has 1 amide bonds. The molecule has 0 N–H and O–H groups in total. The summed E-state index contributed by atoms with van der Waals surface area (Å²) < 4.78 is 33.0. The minimum absolute atomic E-state index is 0.0261. The highest BCUT2D eigenvalue weighted by molar-refractivity contribution is 7.89. The second-order valence-corrected chi connectivity index (χ2v) is 9.52.